The van der Waals surface area contributed by atoms with E-state index in [-0.39, 0.29) is 5.92 Å². The molecule has 1 atom stereocenters. The van der Waals surface area contributed by atoms with Crippen LogP contribution >= 0.6 is 0 Å². The van der Waals surface area contributed by atoms with Gasteiger partial charge in [0.1, 0.15) is 0 Å². The number of unbranched alkanes of at least 4 members (excludes halogenated alkanes) is 5. The summed E-state index contributed by atoms with van der Waals surface area (Å²) in [7, 11) is 0. The molecule has 5 heteroatoms. The molecule has 0 saturated heterocycles. The molecule has 1 N–H and O–H groups in total. The van der Waals surface area contributed by atoms with Gasteiger partial charge in [-0.3, -0.25) is 0 Å². The summed E-state index contributed by atoms with van der Waals surface area (Å²) in [5.74, 6) is -0.588. The smallest absolute Gasteiger partial charge is 0.285 e. The molecule has 1 unspecified atom stereocenters. The Morgan fingerprint density at radius 2 is 1.26 bits per heavy atom. The molecule has 0 amide bonds. The Balaban J connectivity index is 0. The molecular weight excluding hydrogens is 294 g/mol. The van der Waals surface area contributed by atoms with Crippen molar-refractivity contribution in [3.8, 4) is 0 Å². The second-order valence-corrected chi connectivity index (χ2v) is 5.46. The van der Waals surface area contributed by atoms with Gasteiger partial charge in [-0.1, -0.05) is 52.4 Å². The highest BCUT2D eigenvalue weighted by Gasteiger charge is 2.38. The first-order valence-corrected chi connectivity index (χ1v) is 9.04. The van der Waals surface area contributed by atoms with Crippen LogP contribution in [0.25, 0.3) is 0 Å². The number of nitrogens with one attached hydrogen (secondary N) is 1. The number of hydrogen-bond donors (Lipinski definition) is 1. The van der Waals surface area contributed by atoms with Gasteiger partial charge in [-0.05, 0) is 27.2 Å². The predicted molar refractivity (Wildman–Crippen MR) is 93.2 cm³/mol. The standard InChI is InChI=1S/C17H36O3.CHNO/c1-6-10-11-12-13-14-15-16(5)17(18-7-2,19-8-3)20-9-4;2-1-3/h16H,6-15H2,1-5H3;2H. The van der Waals surface area contributed by atoms with Gasteiger partial charge in [0, 0.05) is 25.7 Å². The maximum atomic E-state index is 8.35. The highest BCUT2D eigenvalue weighted by atomic mass is 16.9. The lowest BCUT2D eigenvalue weighted by molar-refractivity contribution is -0.400. The van der Waals surface area contributed by atoms with Crippen molar-refractivity contribution in [1.29, 1.82) is 5.41 Å². The molecular formula is C18H37NO4. The Kier molecular flexibility index (Phi) is 18.8. The molecule has 0 fully saturated rings. The molecule has 0 radical (unpaired) electrons. The van der Waals surface area contributed by atoms with Crippen LogP contribution < -0.4 is 0 Å². The van der Waals surface area contributed by atoms with Crippen LogP contribution in [0.2, 0.25) is 0 Å². The summed E-state index contributed by atoms with van der Waals surface area (Å²) in [6.45, 7) is 12.2. The topological polar surface area (TPSA) is 68.6 Å². The average Bonchev–Trinajstić information content (AvgIpc) is 2.52. The van der Waals surface area contributed by atoms with Gasteiger partial charge in [0.05, 0.1) is 0 Å². The fourth-order valence-corrected chi connectivity index (χ4v) is 2.56. The molecule has 138 valence electrons. The van der Waals surface area contributed by atoms with E-state index in [2.05, 4.69) is 13.8 Å². The molecule has 0 rings (SSSR count). The molecule has 0 aromatic rings. The van der Waals surface area contributed by atoms with Crippen LogP contribution in [-0.4, -0.2) is 31.9 Å². The van der Waals surface area contributed by atoms with E-state index in [1.165, 1.54) is 38.5 Å². The maximum absolute atomic E-state index is 8.35. The minimum atomic E-state index is -0.846. The maximum Gasteiger partial charge on any atom is 0.285 e. The van der Waals surface area contributed by atoms with Crippen LogP contribution in [0.4, 0.5) is 0 Å². The average molecular weight is 331 g/mol. The highest BCUT2D eigenvalue weighted by molar-refractivity contribution is 5.26. The number of ether oxygens (including phenoxy) is 3. The molecule has 0 aliphatic rings. The Morgan fingerprint density at radius 3 is 1.65 bits per heavy atom. The van der Waals surface area contributed by atoms with Crippen LogP contribution in [0.5, 0.6) is 0 Å². The molecule has 0 spiro atoms. The molecule has 0 aliphatic carbocycles. The van der Waals surface area contributed by atoms with Crippen LogP contribution in [0.15, 0.2) is 0 Å². The Bertz CT molecular complexity index is 261. The SMILES string of the molecule is CCCCCCCCC(C)C(OCC)(OCC)OCC.N=C=O. The van der Waals surface area contributed by atoms with Gasteiger partial charge in [-0.25, -0.2) is 10.2 Å². The number of hydrogen-bond acceptors (Lipinski definition) is 5. The van der Waals surface area contributed by atoms with Crippen molar-refractivity contribution in [3.05, 3.63) is 0 Å². The van der Waals surface area contributed by atoms with Crippen molar-refractivity contribution in [3.63, 3.8) is 0 Å². The zero-order chi connectivity index (χ0) is 18.0. The molecule has 0 aromatic carbocycles. The highest BCUT2D eigenvalue weighted by Crippen LogP contribution is 2.30. The minimum absolute atomic E-state index is 0.258. The molecule has 5 nitrogen and oxygen atoms in total. The largest absolute Gasteiger partial charge is 0.328 e. The van der Waals surface area contributed by atoms with Crippen molar-refractivity contribution in [2.24, 2.45) is 5.92 Å². The summed E-state index contributed by atoms with van der Waals surface area (Å²) in [6, 6.07) is 0. The zero-order valence-electron chi connectivity index (χ0n) is 15.8. The summed E-state index contributed by atoms with van der Waals surface area (Å²) in [5.41, 5.74) is 0. The van der Waals surface area contributed by atoms with E-state index < -0.39 is 5.97 Å². The van der Waals surface area contributed by atoms with E-state index >= 15 is 0 Å². The fourth-order valence-electron chi connectivity index (χ4n) is 2.56. The quantitative estimate of drug-likeness (QED) is 0.210. The van der Waals surface area contributed by atoms with Gasteiger partial charge in [0.15, 0.2) is 0 Å². The molecule has 0 saturated carbocycles. The van der Waals surface area contributed by atoms with E-state index in [0.29, 0.717) is 19.8 Å². The first kappa shape index (κ1) is 24.5. The lowest BCUT2D eigenvalue weighted by Crippen LogP contribution is -2.45. The third kappa shape index (κ3) is 12.4. The van der Waals surface area contributed by atoms with Gasteiger partial charge in [0.2, 0.25) is 6.08 Å². The first-order chi connectivity index (χ1) is 11.1. The Morgan fingerprint density at radius 1 is 0.870 bits per heavy atom. The second-order valence-electron chi connectivity index (χ2n) is 5.46. The van der Waals surface area contributed by atoms with E-state index in [9.17, 15) is 0 Å². The fraction of sp³-hybridized carbons (Fsp3) is 0.944. The van der Waals surface area contributed by atoms with Gasteiger partial charge < -0.3 is 14.2 Å². The van der Waals surface area contributed by atoms with E-state index in [1.54, 1.807) is 0 Å². The van der Waals surface area contributed by atoms with E-state index in [0.717, 1.165) is 12.5 Å². The van der Waals surface area contributed by atoms with Crippen molar-refractivity contribution < 1.29 is 19.0 Å². The first-order valence-electron chi connectivity index (χ1n) is 9.04. The lowest BCUT2D eigenvalue weighted by Gasteiger charge is -2.37. The Hall–Kier alpha value is -0.740. The molecule has 0 heterocycles. The van der Waals surface area contributed by atoms with Crippen molar-refractivity contribution in [1.82, 2.24) is 0 Å². The minimum Gasteiger partial charge on any atom is -0.328 e. The summed E-state index contributed by atoms with van der Waals surface area (Å²) in [6.07, 6.45) is 9.72. The molecule has 0 aliphatic heterocycles. The Labute approximate surface area is 142 Å². The zero-order valence-corrected chi connectivity index (χ0v) is 15.8. The number of rotatable bonds is 14. The van der Waals surface area contributed by atoms with Gasteiger partial charge in [-0.2, -0.15) is 0 Å². The van der Waals surface area contributed by atoms with Crippen molar-refractivity contribution in [2.75, 3.05) is 19.8 Å². The summed E-state index contributed by atoms with van der Waals surface area (Å²) in [5, 5.41) is 5.40. The van der Waals surface area contributed by atoms with Crippen molar-refractivity contribution >= 4 is 6.08 Å². The summed E-state index contributed by atoms with van der Waals surface area (Å²) >= 11 is 0. The van der Waals surface area contributed by atoms with Crippen LogP contribution in [0, 0.1) is 11.3 Å². The normalized spacial score (nSPS) is 12.2. The third-order valence-corrected chi connectivity index (χ3v) is 3.63. The molecule has 0 aromatic heterocycles. The lowest BCUT2D eigenvalue weighted by atomic mass is 9.99. The van der Waals surface area contributed by atoms with Gasteiger partial charge >= 0.3 is 0 Å². The predicted octanol–water partition coefficient (Wildman–Crippen LogP) is 5.04. The van der Waals surface area contributed by atoms with Crippen LogP contribution in [-0.2, 0) is 19.0 Å². The monoisotopic (exact) mass is 331 g/mol. The number of carbonyl (C=O) groups excluding carboxylic acids is 1. The second kappa shape index (κ2) is 17.6. The van der Waals surface area contributed by atoms with Crippen LogP contribution in [0.1, 0.15) is 79.6 Å². The molecule has 0 bridgehead atoms. The molecule has 23 heavy (non-hydrogen) atoms. The van der Waals surface area contributed by atoms with E-state index in [4.69, 9.17) is 24.4 Å². The number of isocyanates is 1. The summed E-state index contributed by atoms with van der Waals surface area (Å²) < 4.78 is 17.5. The van der Waals surface area contributed by atoms with Gasteiger partial charge in [0.25, 0.3) is 5.97 Å². The summed E-state index contributed by atoms with van der Waals surface area (Å²) in [4.78, 5) is 8.35. The van der Waals surface area contributed by atoms with Crippen molar-refractivity contribution in [2.45, 2.75) is 85.5 Å². The van der Waals surface area contributed by atoms with E-state index in [1.807, 2.05) is 20.8 Å². The van der Waals surface area contributed by atoms with Gasteiger partial charge in [-0.15, -0.1) is 0 Å². The third-order valence-electron chi connectivity index (χ3n) is 3.63. The van der Waals surface area contributed by atoms with Crippen LogP contribution in [0.3, 0.4) is 0 Å².